The number of amides is 1. The molecule has 0 spiro atoms. The van der Waals surface area contributed by atoms with Gasteiger partial charge in [-0.2, -0.15) is 0 Å². The van der Waals surface area contributed by atoms with E-state index in [2.05, 4.69) is 20.5 Å². The van der Waals surface area contributed by atoms with Crippen LogP contribution in [-0.2, 0) is 20.8 Å². The lowest BCUT2D eigenvalue weighted by molar-refractivity contribution is -0.136. The van der Waals surface area contributed by atoms with Crippen LogP contribution in [-0.4, -0.2) is 64.0 Å². The Morgan fingerprint density at radius 2 is 2.12 bits per heavy atom. The number of hydrogen-bond acceptors (Lipinski definition) is 6. The molecule has 2 saturated heterocycles. The van der Waals surface area contributed by atoms with Crippen molar-refractivity contribution in [1.29, 1.82) is 0 Å². The molecule has 2 fully saturated rings. The van der Waals surface area contributed by atoms with E-state index in [0.717, 1.165) is 63.6 Å². The third-order valence-corrected chi connectivity index (χ3v) is 5.06. The van der Waals surface area contributed by atoms with E-state index in [-0.39, 0.29) is 5.91 Å². The zero-order valence-electron chi connectivity index (χ0n) is 14.9. The highest BCUT2D eigenvalue weighted by Crippen LogP contribution is 2.29. The summed E-state index contributed by atoms with van der Waals surface area (Å²) in [5.74, 6) is 1.04. The molecule has 2 aliphatic rings. The van der Waals surface area contributed by atoms with Gasteiger partial charge >= 0.3 is 0 Å². The molecular weight excluding hydrogens is 320 g/mol. The molecular formula is C18H28N4O3. The molecule has 0 radical (unpaired) electrons. The largest absolute Gasteiger partial charge is 0.384 e. The number of piperidine rings is 1. The lowest BCUT2D eigenvalue weighted by Crippen LogP contribution is -2.49. The summed E-state index contributed by atoms with van der Waals surface area (Å²) >= 11 is 0. The summed E-state index contributed by atoms with van der Waals surface area (Å²) in [6, 6.07) is 4.05. The Morgan fingerprint density at radius 1 is 1.36 bits per heavy atom. The van der Waals surface area contributed by atoms with Crippen molar-refractivity contribution in [2.45, 2.75) is 19.4 Å². The molecule has 0 atom stereocenters. The first-order chi connectivity index (χ1) is 12.2. The topological polar surface area (TPSA) is 75.7 Å². The first-order valence-electron chi connectivity index (χ1n) is 8.99. The van der Waals surface area contributed by atoms with Gasteiger partial charge in [-0.1, -0.05) is 6.07 Å². The normalized spacial score (nSPS) is 20.3. The number of ether oxygens (including phenoxy) is 2. The highest BCUT2D eigenvalue weighted by molar-refractivity contribution is 5.83. The molecule has 0 aromatic carbocycles. The minimum atomic E-state index is -0.416. The summed E-state index contributed by atoms with van der Waals surface area (Å²) in [5, 5.41) is 6.38. The fraction of sp³-hybridized carbons (Fsp3) is 0.667. The molecule has 3 rings (SSSR count). The second-order valence-corrected chi connectivity index (χ2v) is 6.77. The van der Waals surface area contributed by atoms with E-state index in [1.807, 2.05) is 18.3 Å². The third-order valence-electron chi connectivity index (χ3n) is 5.06. The average molecular weight is 348 g/mol. The molecule has 1 aromatic rings. The molecule has 1 aromatic heterocycles. The third kappa shape index (κ3) is 4.48. The fourth-order valence-electron chi connectivity index (χ4n) is 3.49. The molecule has 0 unspecified atom stereocenters. The predicted octanol–water partition coefficient (Wildman–Crippen LogP) is 0.551. The lowest BCUT2D eigenvalue weighted by atomic mass is 9.78. The SMILES string of the molecule is COCC1(C(=O)NCc2ccc(N3CCOCC3)nc2)CCNCC1. The maximum Gasteiger partial charge on any atom is 0.228 e. The van der Waals surface area contributed by atoms with Crippen molar-refractivity contribution < 1.29 is 14.3 Å². The van der Waals surface area contributed by atoms with Gasteiger partial charge in [0.1, 0.15) is 5.82 Å². The van der Waals surface area contributed by atoms with Crippen molar-refractivity contribution in [3.05, 3.63) is 23.9 Å². The average Bonchev–Trinajstić information content (AvgIpc) is 2.68. The van der Waals surface area contributed by atoms with Crippen LogP contribution in [0.5, 0.6) is 0 Å². The maximum absolute atomic E-state index is 12.7. The van der Waals surface area contributed by atoms with Gasteiger partial charge in [0.15, 0.2) is 0 Å². The van der Waals surface area contributed by atoms with Crippen LogP contribution in [0.15, 0.2) is 18.3 Å². The first-order valence-corrected chi connectivity index (χ1v) is 8.99. The highest BCUT2D eigenvalue weighted by Gasteiger charge is 2.39. The Balaban J connectivity index is 1.55. The summed E-state index contributed by atoms with van der Waals surface area (Å²) in [6.45, 7) is 5.90. The zero-order chi connectivity index (χ0) is 17.5. The maximum atomic E-state index is 12.7. The summed E-state index contributed by atoms with van der Waals surface area (Å²) in [6.07, 6.45) is 3.46. The van der Waals surface area contributed by atoms with Gasteiger partial charge in [-0.15, -0.1) is 0 Å². The van der Waals surface area contributed by atoms with Gasteiger partial charge in [-0.25, -0.2) is 4.98 Å². The summed E-state index contributed by atoms with van der Waals surface area (Å²) < 4.78 is 10.7. The van der Waals surface area contributed by atoms with Gasteiger partial charge in [0.25, 0.3) is 0 Å². The Bertz CT molecular complexity index is 546. The second-order valence-electron chi connectivity index (χ2n) is 6.77. The van der Waals surface area contributed by atoms with E-state index in [9.17, 15) is 4.79 Å². The van der Waals surface area contributed by atoms with E-state index in [1.165, 1.54) is 0 Å². The molecule has 0 saturated carbocycles. The smallest absolute Gasteiger partial charge is 0.228 e. The van der Waals surface area contributed by atoms with Crippen molar-refractivity contribution in [3.63, 3.8) is 0 Å². The molecule has 25 heavy (non-hydrogen) atoms. The molecule has 1 amide bonds. The van der Waals surface area contributed by atoms with Crippen molar-refractivity contribution in [3.8, 4) is 0 Å². The highest BCUT2D eigenvalue weighted by atomic mass is 16.5. The molecule has 7 heteroatoms. The molecule has 0 bridgehead atoms. The van der Waals surface area contributed by atoms with E-state index in [1.54, 1.807) is 7.11 Å². The van der Waals surface area contributed by atoms with Crippen molar-refractivity contribution in [2.24, 2.45) is 5.41 Å². The molecule has 2 aliphatic heterocycles. The van der Waals surface area contributed by atoms with Gasteiger partial charge in [-0.05, 0) is 37.6 Å². The minimum Gasteiger partial charge on any atom is -0.384 e. The Labute approximate surface area is 149 Å². The number of anilines is 1. The van der Waals surface area contributed by atoms with Crippen molar-refractivity contribution in [2.75, 3.05) is 58.0 Å². The summed E-state index contributed by atoms with van der Waals surface area (Å²) in [7, 11) is 1.66. The molecule has 7 nitrogen and oxygen atoms in total. The monoisotopic (exact) mass is 348 g/mol. The minimum absolute atomic E-state index is 0.0769. The standard InChI is InChI=1S/C18H28N4O3/c1-24-14-18(4-6-19-7-5-18)17(23)21-13-15-2-3-16(20-12-15)22-8-10-25-11-9-22/h2-3,12,19H,4-11,13-14H2,1H3,(H,21,23). The number of rotatable bonds is 6. The second kappa shape index (κ2) is 8.60. The van der Waals surface area contributed by atoms with Crippen molar-refractivity contribution >= 4 is 11.7 Å². The van der Waals surface area contributed by atoms with Gasteiger partial charge in [0.2, 0.25) is 5.91 Å². The van der Waals surface area contributed by atoms with Gasteiger partial charge in [0.05, 0.1) is 25.2 Å². The van der Waals surface area contributed by atoms with Crippen LogP contribution in [0, 0.1) is 5.41 Å². The predicted molar refractivity (Wildman–Crippen MR) is 95.5 cm³/mol. The number of methoxy groups -OCH3 is 1. The van der Waals surface area contributed by atoms with E-state index < -0.39 is 5.41 Å². The quantitative estimate of drug-likeness (QED) is 0.782. The number of pyridine rings is 1. The molecule has 2 N–H and O–H groups in total. The Hall–Kier alpha value is -1.70. The van der Waals surface area contributed by atoms with E-state index in [0.29, 0.717) is 13.2 Å². The van der Waals surface area contributed by atoms with Crippen LogP contribution >= 0.6 is 0 Å². The van der Waals surface area contributed by atoms with Crippen LogP contribution in [0.4, 0.5) is 5.82 Å². The van der Waals surface area contributed by atoms with Crippen LogP contribution in [0.1, 0.15) is 18.4 Å². The summed E-state index contributed by atoms with van der Waals surface area (Å²) in [5.41, 5.74) is 0.591. The number of nitrogens with one attached hydrogen (secondary N) is 2. The fourth-order valence-corrected chi connectivity index (χ4v) is 3.49. The Morgan fingerprint density at radius 3 is 2.76 bits per heavy atom. The van der Waals surface area contributed by atoms with Gasteiger partial charge < -0.3 is 25.0 Å². The van der Waals surface area contributed by atoms with Crippen LogP contribution in [0.3, 0.4) is 0 Å². The van der Waals surface area contributed by atoms with Gasteiger partial charge in [-0.3, -0.25) is 4.79 Å². The van der Waals surface area contributed by atoms with Crippen LogP contribution in [0.2, 0.25) is 0 Å². The number of nitrogens with zero attached hydrogens (tertiary/aromatic N) is 2. The molecule has 3 heterocycles. The van der Waals surface area contributed by atoms with Crippen LogP contribution < -0.4 is 15.5 Å². The number of aromatic nitrogens is 1. The molecule has 0 aliphatic carbocycles. The molecule has 138 valence electrons. The summed E-state index contributed by atoms with van der Waals surface area (Å²) in [4.78, 5) is 19.5. The lowest BCUT2D eigenvalue weighted by Gasteiger charge is -2.35. The van der Waals surface area contributed by atoms with Gasteiger partial charge in [0, 0.05) is 32.9 Å². The number of carbonyl (C=O) groups excluding carboxylic acids is 1. The number of hydrogen-bond donors (Lipinski definition) is 2. The first kappa shape index (κ1) is 18.1. The number of morpholine rings is 1. The van der Waals surface area contributed by atoms with E-state index >= 15 is 0 Å². The number of carbonyl (C=O) groups is 1. The zero-order valence-corrected chi connectivity index (χ0v) is 14.9. The van der Waals surface area contributed by atoms with Crippen LogP contribution in [0.25, 0.3) is 0 Å². The van der Waals surface area contributed by atoms with E-state index in [4.69, 9.17) is 9.47 Å². The van der Waals surface area contributed by atoms with Crippen molar-refractivity contribution in [1.82, 2.24) is 15.6 Å². The Kier molecular flexibility index (Phi) is 6.23.